The molecule has 0 bridgehead atoms. The summed E-state index contributed by atoms with van der Waals surface area (Å²) >= 11 is 0. The van der Waals surface area contributed by atoms with E-state index < -0.39 is 53.1 Å². The maximum atomic E-state index is 14.2. The number of rotatable bonds is 5. The van der Waals surface area contributed by atoms with Crippen molar-refractivity contribution in [2.75, 3.05) is 7.11 Å². The van der Waals surface area contributed by atoms with Crippen LogP contribution in [0.1, 0.15) is 29.4 Å². The Labute approximate surface area is 141 Å². The molecule has 0 aliphatic rings. The Kier molecular flexibility index (Phi) is 5.75. The number of halogens is 4. The van der Waals surface area contributed by atoms with Crippen LogP contribution in [0.2, 0.25) is 0 Å². The van der Waals surface area contributed by atoms with Crippen LogP contribution in [0.3, 0.4) is 0 Å². The Morgan fingerprint density at radius 2 is 1.72 bits per heavy atom. The van der Waals surface area contributed by atoms with Gasteiger partial charge in [0.2, 0.25) is 0 Å². The van der Waals surface area contributed by atoms with Crippen molar-refractivity contribution >= 4 is 5.97 Å². The molecule has 2 rings (SSSR count). The van der Waals surface area contributed by atoms with E-state index in [9.17, 15) is 27.6 Å². The Hall–Kier alpha value is -2.88. The van der Waals surface area contributed by atoms with Crippen LogP contribution in [0, 0.1) is 34.6 Å². The topological polar surface area (TPSA) is 50.1 Å². The maximum Gasteiger partial charge on any atom is 0.306 e. The van der Waals surface area contributed by atoms with Crippen LogP contribution in [0.15, 0.2) is 36.4 Å². The summed E-state index contributed by atoms with van der Waals surface area (Å²) in [4.78, 5) is 11.7. The molecule has 0 saturated heterocycles. The van der Waals surface area contributed by atoms with Gasteiger partial charge in [0.15, 0.2) is 11.6 Å². The smallest absolute Gasteiger partial charge is 0.306 e. The molecule has 7 heteroatoms. The molecule has 0 aromatic heterocycles. The number of ether oxygens (including phenoxy) is 1. The molecule has 3 nitrogen and oxygen atoms in total. The van der Waals surface area contributed by atoms with Gasteiger partial charge in [-0.2, -0.15) is 5.26 Å². The predicted molar refractivity (Wildman–Crippen MR) is 80.4 cm³/mol. The second-order valence-corrected chi connectivity index (χ2v) is 5.30. The van der Waals surface area contributed by atoms with E-state index in [2.05, 4.69) is 4.74 Å². The molecule has 0 fully saturated rings. The van der Waals surface area contributed by atoms with Crippen LogP contribution in [0.5, 0.6) is 0 Å². The van der Waals surface area contributed by atoms with Crippen molar-refractivity contribution in [1.82, 2.24) is 0 Å². The van der Waals surface area contributed by atoms with E-state index in [-0.39, 0.29) is 5.56 Å². The number of carbonyl (C=O) groups is 1. The Bertz CT molecular complexity index is 812. The normalized spacial score (nSPS) is 13.0. The molecular weight excluding hydrogens is 338 g/mol. The lowest BCUT2D eigenvalue weighted by Crippen LogP contribution is -2.18. The second-order valence-electron chi connectivity index (χ2n) is 5.30. The van der Waals surface area contributed by atoms with Crippen molar-refractivity contribution in [3.05, 3.63) is 70.8 Å². The number of carbonyl (C=O) groups excluding carboxylic acids is 1. The fourth-order valence-electron chi connectivity index (χ4n) is 2.62. The third-order valence-electron chi connectivity index (χ3n) is 3.83. The molecule has 0 spiro atoms. The fourth-order valence-corrected chi connectivity index (χ4v) is 2.62. The SMILES string of the molecule is COC(=O)C[C@H](c1c(F)cccc1F)[C@H](C#N)c1ccc(F)c(F)c1. The van der Waals surface area contributed by atoms with Crippen molar-refractivity contribution < 1.29 is 27.1 Å². The molecule has 0 aliphatic carbocycles. The first-order valence-electron chi connectivity index (χ1n) is 7.24. The predicted octanol–water partition coefficient (Wildman–Crippen LogP) is 4.20. The van der Waals surface area contributed by atoms with Crippen LogP contribution in [0.4, 0.5) is 17.6 Å². The first kappa shape index (κ1) is 18.5. The molecule has 0 N–H and O–H groups in total. The van der Waals surface area contributed by atoms with Gasteiger partial charge >= 0.3 is 5.97 Å². The number of hydrogen-bond acceptors (Lipinski definition) is 3. The van der Waals surface area contributed by atoms with Gasteiger partial charge in [0, 0.05) is 11.5 Å². The molecule has 130 valence electrons. The van der Waals surface area contributed by atoms with Gasteiger partial charge in [-0.25, -0.2) is 17.6 Å². The molecule has 2 atom stereocenters. The Morgan fingerprint density at radius 1 is 1.08 bits per heavy atom. The zero-order valence-electron chi connectivity index (χ0n) is 13.1. The summed E-state index contributed by atoms with van der Waals surface area (Å²) < 4.78 is 59.5. The highest BCUT2D eigenvalue weighted by atomic mass is 19.2. The largest absolute Gasteiger partial charge is 0.469 e. The van der Waals surface area contributed by atoms with Crippen LogP contribution in [0.25, 0.3) is 0 Å². The maximum absolute atomic E-state index is 14.2. The zero-order valence-corrected chi connectivity index (χ0v) is 13.1. The van der Waals surface area contributed by atoms with Gasteiger partial charge in [-0.3, -0.25) is 4.79 Å². The minimum Gasteiger partial charge on any atom is -0.469 e. The third-order valence-corrected chi connectivity index (χ3v) is 3.83. The average Bonchev–Trinajstić information content (AvgIpc) is 2.58. The van der Waals surface area contributed by atoms with Gasteiger partial charge in [-0.15, -0.1) is 0 Å². The molecule has 2 aromatic rings. The highest BCUT2D eigenvalue weighted by molar-refractivity contribution is 5.71. The minimum atomic E-state index is -1.29. The number of nitriles is 1. The van der Waals surface area contributed by atoms with E-state index >= 15 is 0 Å². The third kappa shape index (κ3) is 3.97. The van der Waals surface area contributed by atoms with Gasteiger partial charge < -0.3 is 4.74 Å². The van der Waals surface area contributed by atoms with E-state index in [0.717, 1.165) is 43.5 Å². The van der Waals surface area contributed by atoms with Crippen LogP contribution < -0.4 is 0 Å². The van der Waals surface area contributed by atoms with E-state index in [0.29, 0.717) is 0 Å². The Morgan fingerprint density at radius 3 is 2.24 bits per heavy atom. The number of hydrogen-bond donors (Lipinski definition) is 0. The van der Waals surface area contributed by atoms with Crippen molar-refractivity contribution in [2.24, 2.45) is 0 Å². The summed E-state index contributed by atoms with van der Waals surface area (Å²) in [6.45, 7) is 0. The average molecular weight is 351 g/mol. The zero-order chi connectivity index (χ0) is 18.6. The quantitative estimate of drug-likeness (QED) is 0.599. The fraction of sp³-hybridized carbons (Fsp3) is 0.222. The molecule has 0 amide bonds. The van der Waals surface area contributed by atoms with E-state index in [1.165, 1.54) is 0 Å². The molecule has 2 aromatic carbocycles. The van der Waals surface area contributed by atoms with Gasteiger partial charge in [-0.05, 0) is 29.8 Å². The molecule has 0 radical (unpaired) electrons. The van der Waals surface area contributed by atoms with Gasteiger partial charge in [0.05, 0.1) is 25.5 Å². The summed E-state index contributed by atoms with van der Waals surface area (Å²) in [6, 6.07) is 7.65. The summed E-state index contributed by atoms with van der Waals surface area (Å²) in [5.41, 5.74) is -0.484. The van der Waals surface area contributed by atoms with E-state index in [1.807, 2.05) is 6.07 Å². The van der Waals surface area contributed by atoms with Crippen molar-refractivity contribution in [3.8, 4) is 6.07 Å². The van der Waals surface area contributed by atoms with Crippen LogP contribution in [-0.4, -0.2) is 13.1 Å². The number of esters is 1. The second kappa shape index (κ2) is 7.79. The van der Waals surface area contributed by atoms with Crippen LogP contribution >= 0.6 is 0 Å². The molecule has 0 saturated carbocycles. The number of nitrogens with zero attached hydrogens (tertiary/aromatic N) is 1. The summed E-state index contributed by atoms with van der Waals surface area (Å²) in [5.74, 6) is -7.58. The lowest BCUT2D eigenvalue weighted by molar-refractivity contribution is -0.141. The summed E-state index contributed by atoms with van der Waals surface area (Å²) in [7, 11) is 1.09. The minimum absolute atomic E-state index is 0.00189. The van der Waals surface area contributed by atoms with Gasteiger partial charge in [0.1, 0.15) is 11.6 Å². The number of methoxy groups -OCH3 is 1. The van der Waals surface area contributed by atoms with Crippen molar-refractivity contribution in [1.29, 1.82) is 5.26 Å². The van der Waals surface area contributed by atoms with Crippen molar-refractivity contribution in [3.63, 3.8) is 0 Å². The summed E-state index contributed by atoms with van der Waals surface area (Å²) in [6.07, 6.45) is -0.508. The molecular formula is C18H13F4NO2. The molecule has 0 unspecified atom stereocenters. The lowest BCUT2D eigenvalue weighted by atomic mass is 9.79. The van der Waals surface area contributed by atoms with E-state index in [1.54, 1.807) is 0 Å². The van der Waals surface area contributed by atoms with Crippen LogP contribution in [-0.2, 0) is 9.53 Å². The highest BCUT2D eigenvalue weighted by Crippen LogP contribution is 2.38. The molecule has 0 aliphatic heterocycles. The first-order valence-corrected chi connectivity index (χ1v) is 7.24. The molecule has 0 heterocycles. The molecule has 25 heavy (non-hydrogen) atoms. The summed E-state index contributed by atoms with van der Waals surface area (Å²) in [5, 5.41) is 9.48. The lowest BCUT2D eigenvalue weighted by Gasteiger charge is -2.23. The monoisotopic (exact) mass is 351 g/mol. The standard InChI is InChI=1S/C18H13F4NO2/c1-25-17(24)8-11(18-14(20)3-2-4-15(18)21)12(9-23)10-5-6-13(19)16(22)7-10/h2-7,11-12H,8H2,1H3/t11-,12+/m0/s1. The van der Waals surface area contributed by atoms with Gasteiger partial charge in [0.25, 0.3) is 0 Å². The highest BCUT2D eigenvalue weighted by Gasteiger charge is 2.32. The van der Waals surface area contributed by atoms with Crippen molar-refractivity contribution in [2.45, 2.75) is 18.3 Å². The Balaban J connectivity index is 2.58. The van der Waals surface area contributed by atoms with Gasteiger partial charge in [-0.1, -0.05) is 12.1 Å². The first-order chi connectivity index (χ1) is 11.9. The number of benzene rings is 2. The van der Waals surface area contributed by atoms with E-state index in [4.69, 9.17) is 0 Å².